The van der Waals surface area contributed by atoms with Gasteiger partial charge in [-0.3, -0.25) is 0 Å². The summed E-state index contributed by atoms with van der Waals surface area (Å²) in [7, 11) is 0. The summed E-state index contributed by atoms with van der Waals surface area (Å²) in [5.41, 5.74) is 0. The van der Waals surface area contributed by atoms with Crippen LogP contribution in [0.5, 0.6) is 0 Å². The minimum absolute atomic E-state index is 0.125. The van der Waals surface area contributed by atoms with E-state index in [4.69, 9.17) is 0 Å². The minimum atomic E-state index is -3.93. The summed E-state index contributed by atoms with van der Waals surface area (Å²) in [5.74, 6) is -3.88. The molecule has 0 radical (unpaired) electrons. The fourth-order valence-electron chi connectivity index (χ4n) is 0.355. The molecule has 0 bridgehead atoms. The molecule has 0 aliphatic rings. The Balaban J connectivity index is 4.28. The summed E-state index contributed by atoms with van der Waals surface area (Å²) in [6.45, 7) is 1.03. The van der Waals surface area contributed by atoms with Crippen LogP contribution in [0.4, 0.5) is 17.6 Å². The molecule has 0 unspecified atom stereocenters. The van der Waals surface area contributed by atoms with Crippen molar-refractivity contribution in [1.82, 2.24) is 0 Å². The Labute approximate surface area is 61.0 Å². The van der Waals surface area contributed by atoms with Crippen LogP contribution < -0.4 is 0 Å². The van der Waals surface area contributed by atoms with E-state index in [1.165, 1.54) is 0 Å². The minimum Gasteiger partial charge on any atom is -0.199 e. The average Bonchev–Trinajstić information content (AvgIpc) is 1.88. The van der Waals surface area contributed by atoms with Crippen molar-refractivity contribution in [3.8, 4) is 0 Å². The van der Waals surface area contributed by atoms with Gasteiger partial charge in [0.2, 0.25) is 0 Å². The van der Waals surface area contributed by atoms with E-state index in [9.17, 15) is 17.6 Å². The molecule has 0 rings (SSSR count). The lowest BCUT2D eigenvalue weighted by Gasteiger charge is -2.22. The third-order valence-electron chi connectivity index (χ3n) is 1.13. The largest absolute Gasteiger partial charge is 0.355 e. The van der Waals surface area contributed by atoms with Crippen molar-refractivity contribution in [3.05, 3.63) is 0 Å². The van der Waals surface area contributed by atoms with Crippen molar-refractivity contribution >= 4 is 11.8 Å². The molecule has 0 aliphatic carbocycles. The van der Waals surface area contributed by atoms with Crippen molar-refractivity contribution in [3.63, 3.8) is 0 Å². The zero-order valence-electron chi connectivity index (χ0n) is 5.63. The quantitative estimate of drug-likeness (QED) is 0.595. The first-order chi connectivity index (χ1) is 4.37. The van der Waals surface area contributed by atoms with Gasteiger partial charge in [0.1, 0.15) is 0 Å². The molecule has 5 heteroatoms. The number of alkyl halides is 4. The first-order valence-electron chi connectivity index (χ1n) is 2.68. The van der Waals surface area contributed by atoms with Crippen LogP contribution in [0.2, 0.25) is 0 Å². The summed E-state index contributed by atoms with van der Waals surface area (Å²) >= 11 is -0.125. The van der Waals surface area contributed by atoms with Crippen molar-refractivity contribution in [2.45, 2.75) is 24.5 Å². The van der Waals surface area contributed by atoms with Crippen LogP contribution in [-0.4, -0.2) is 17.4 Å². The van der Waals surface area contributed by atoms with Gasteiger partial charge in [-0.15, -0.1) is 0 Å². The first-order valence-corrected chi connectivity index (χ1v) is 3.90. The maximum absolute atomic E-state index is 12.2. The average molecular weight is 176 g/mol. The highest BCUT2D eigenvalue weighted by molar-refractivity contribution is 7.99. The highest BCUT2D eigenvalue weighted by Gasteiger charge is 2.54. The van der Waals surface area contributed by atoms with Gasteiger partial charge in [0.05, 0.1) is 0 Å². The van der Waals surface area contributed by atoms with Crippen molar-refractivity contribution in [2.75, 3.05) is 6.26 Å². The Hall–Kier alpha value is 0.0700. The number of hydrogen-bond donors (Lipinski definition) is 0. The van der Waals surface area contributed by atoms with Crippen LogP contribution in [0.15, 0.2) is 0 Å². The van der Waals surface area contributed by atoms with Crippen LogP contribution in [0.25, 0.3) is 0 Å². The molecule has 10 heavy (non-hydrogen) atoms. The van der Waals surface area contributed by atoms with Gasteiger partial charge >= 0.3 is 11.2 Å². The van der Waals surface area contributed by atoms with Crippen LogP contribution in [-0.2, 0) is 0 Å². The van der Waals surface area contributed by atoms with E-state index in [0.29, 0.717) is 0 Å². The normalized spacial score (nSPS) is 13.8. The van der Waals surface area contributed by atoms with Crippen LogP contribution in [0, 0.1) is 0 Å². The zero-order valence-corrected chi connectivity index (χ0v) is 6.44. The molecule has 0 aromatic rings. The van der Waals surface area contributed by atoms with E-state index in [0.717, 1.165) is 13.2 Å². The molecule has 62 valence electrons. The van der Waals surface area contributed by atoms with Gasteiger partial charge in [0.15, 0.2) is 0 Å². The monoisotopic (exact) mass is 176 g/mol. The van der Waals surface area contributed by atoms with Gasteiger partial charge in [-0.1, -0.05) is 18.7 Å². The summed E-state index contributed by atoms with van der Waals surface area (Å²) in [5, 5.41) is -3.93. The van der Waals surface area contributed by atoms with E-state index in [1.807, 2.05) is 0 Å². The van der Waals surface area contributed by atoms with E-state index >= 15 is 0 Å². The van der Waals surface area contributed by atoms with Crippen molar-refractivity contribution in [1.29, 1.82) is 0 Å². The highest BCUT2D eigenvalue weighted by atomic mass is 32.2. The van der Waals surface area contributed by atoms with Crippen molar-refractivity contribution in [2.24, 2.45) is 0 Å². The molecule has 0 saturated heterocycles. The fraction of sp³-hybridized carbons (Fsp3) is 1.00. The predicted octanol–water partition coefficient (Wildman–Crippen LogP) is 2.99. The smallest absolute Gasteiger partial charge is 0.199 e. The van der Waals surface area contributed by atoms with Crippen LogP contribution in [0.1, 0.15) is 13.3 Å². The molecule has 0 aromatic carbocycles. The molecule has 0 nitrogen and oxygen atoms in total. The summed E-state index contributed by atoms with van der Waals surface area (Å²) in [6, 6.07) is 0. The van der Waals surface area contributed by atoms with Gasteiger partial charge in [-0.05, 0) is 6.26 Å². The van der Waals surface area contributed by atoms with Gasteiger partial charge in [-0.2, -0.15) is 17.6 Å². The first kappa shape index (κ1) is 10.1. The lowest BCUT2D eigenvalue weighted by molar-refractivity contribution is -0.152. The Morgan fingerprint density at radius 1 is 1.20 bits per heavy atom. The van der Waals surface area contributed by atoms with Crippen LogP contribution >= 0.6 is 11.8 Å². The number of hydrogen-bond acceptors (Lipinski definition) is 1. The second-order valence-electron chi connectivity index (χ2n) is 1.78. The number of thioether (sulfide) groups is 1. The molecule has 0 heterocycles. The predicted molar refractivity (Wildman–Crippen MR) is 33.7 cm³/mol. The molecule has 0 amide bonds. The van der Waals surface area contributed by atoms with Gasteiger partial charge < -0.3 is 0 Å². The van der Waals surface area contributed by atoms with E-state index in [-0.39, 0.29) is 11.8 Å². The zero-order chi connectivity index (χ0) is 8.41. The Morgan fingerprint density at radius 3 is 1.70 bits per heavy atom. The molecule has 0 aliphatic heterocycles. The molecule has 0 N–H and O–H groups in total. The molecular formula is C5H8F4S. The second-order valence-corrected chi connectivity index (χ2v) is 2.70. The lowest BCUT2D eigenvalue weighted by Crippen LogP contribution is -2.36. The molecule has 0 spiro atoms. The maximum atomic E-state index is 12.2. The topological polar surface area (TPSA) is 0 Å². The SMILES string of the molecule is CCC(F)(F)C(F)(F)SC. The Kier molecular flexibility index (Phi) is 3.00. The van der Waals surface area contributed by atoms with E-state index < -0.39 is 17.6 Å². The molecule has 0 aromatic heterocycles. The Morgan fingerprint density at radius 2 is 1.60 bits per heavy atom. The van der Waals surface area contributed by atoms with Gasteiger partial charge in [0.25, 0.3) is 0 Å². The van der Waals surface area contributed by atoms with Crippen LogP contribution in [0.3, 0.4) is 0 Å². The number of rotatable bonds is 3. The van der Waals surface area contributed by atoms with E-state index in [2.05, 4.69) is 0 Å². The lowest BCUT2D eigenvalue weighted by atomic mass is 10.3. The van der Waals surface area contributed by atoms with Gasteiger partial charge in [-0.25, -0.2) is 0 Å². The molecular weight excluding hydrogens is 168 g/mol. The number of halogens is 4. The summed E-state index contributed by atoms with van der Waals surface area (Å²) < 4.78 is 48.6. The summed E-state index contributed by atoms with van der Waals surface area (Å²) in [4.78, 5) is 0. The third-order valence-corrected chi connectivity index (χ3v) is 1.94. The molecule has 0 saturated carbocycles. The molecule has 0 fully saturated rings. The third kappa shape index (κ3) is 1.78. The Bertz CT molecular complexity index is 98.2. The van der Waals surface area contributed by atoms with E-state index in [1.54, 1.807) is 0 Å². The highest BCUT2D eigenvalue weighted by Crippen LogP contribution is 2.43. The second kappa shape index (κ2) is 2.98. The standard InChI is InChI=1S/C5H8F4S/c1-3-4(6,7)5(8,9)10-2/h3H2,1-2H3. The fourth-order valence-corrected chi connectivity index (χ4v) is 0.798. The molecule has 0 atom stereocenters. The van der Waals surface area contributed by atoms with Crippen molar-refractivity contribution < 1.29 is 17.6 Å². The maximum Gasteiger partial charge on any atom is 0.355 e. The summed E-state index contributed by atoms with van der Waals surface area (Å²) in [6.07, 6.45) is 0.129. The van der Waals surface area contributed by atoms with Gasteiger partial charge in [0, 0.05) is 6.42 Å².